The summed E-state index contributed by atoms with van der Waals surface area (Å²) < 4.78 is 2.60. The quantitative estimate of drug-likeness (QED) is 0.426. The van der Waals surface area contributed by atoms with Gasteiger partial charge in [-0.25, -0.2) is 9.30 Å². The molecular weight excluding hydrogens is 284 g/mol. The highest BCUT2D eigenvalue weighted by atomic mass is 16.5. The predicted octanol–water partition coefficient (Wildman–Crippen LogP) is 0.331. The number of hydrogen-bond donors (Lipinski definition) is 3. The number of aliphatic hydroxyl groups is 1. The van der Waals surface area contributed by atoms with Crippen molar-refractivity contribution >= 4 is 22.9 Å². The molecule has 8 nitrogen and oxygen atoms in total. The summed E-state index contributed by atoms with van der Waals surface area (Å²) in [5.41, 5.74) is 6.75. The van der Waals surface area contributed by atoms with Gasteiger partial charge < -0.3 is 21.4 Å². The Morgan fingerprint density at radius 1 is 1.41 bits per heavy atom. The zero-order valence-corrected chi connectivity index (χ0v) is 12.0. The zero-order valence-electron chi connectivity index (χ0n) is 12.0. The Kier molecular flexibility index (Phi) is 2.93. The topological polar surface area (TPSA) is 116 Å². The third-order valence-corrected chi connectivity index (χ3v) is 4.24. The first-order valence-corrected chi connectivity index (χ1v) is 7.48. The molecular formula is C14H18N6O2. The lowest BCUT2D eigenvalue weighted by Gasteiger charge is -2.08. The van der Waals surface area contributed by atoms with Crippen molar-refractivity contribution in [3.8, 4) is 0 Å². The Hall–Kier alpha value is -2.35. The lowest BCUT2D eigenvalue weighted by molar-refractivity contribution is -0.577. The monoisotopic (exact) mass is 302 g/mol. The summed E-state index contributed by atoms with van der Waals surface area (Å²) >= 11 is 0. The number of hydrogen-bond acceptors (Lipinski definition) is 6. The van der Waals surface area contributed by atoms with Gasteiger partial charge in [-0.2, -0.15) is 9.97 Å². The van der Waals surface area contributed by atoms with Gasteiger partial charge in [0.25, 0.3) is 5.65 Å². The molecule has 2 aliphatic carbocycles. The molecule has 0 bridgehead atoms. The first-order chi connectivity index (χ1) is 10.7. The molecule has 2 heterocycles. The first-order valence-electron chi connectivity index (χ1n) is 7.48. The van der Waals surface area contributed by atoms with Crippen molar-refractivity contribution in [1.29, 1.82) is 0 Å². The van der Waals surface area contributed by atoms with E-state index in [-0.39, 0.29) is 24.5 Å². The molecule has 8 heteroatoms. The van der Waals surface area contributed by atoms with Crippen molar-refractivity contribution in [3.63, 3.8) is 0 Å². The van der Waals surface area contributed by atoms with Gasteiger partial charge in [-0.05, 0) is 18.9 Å². The fourth-order valence-corrected chi connectivity index (χ4v) is 2.93. The third-order valence-electron chi connectivity index (χ3n) is 4.24. The van der Waals surface area contributed by atoms with Crippen LogP contribution in [0.2, 0.25) is 0 Å². The molecule has 0 aliphatic heterocycles. The van der Waals surface area contributed by atoms with Crippen molar-refractivity contribution < 1.29 is 9.84 Å². The van der Waals surface area contributed by atoms with E-state index in [2.05, 4.69) is 15.3 Å². The number of nitrogens with zero attached hydrogens (tertiary/aromatic N) is 4. The number of rotatable bonds is 4. The van der Waals surface area contributed by atoms with E-state index < -0.39 is 0 Å². The number of aliphatic hydroxyl groups excluding tert-OH is 1. The second-order valence-corrected chi connectivity index (χ2v) is 6.00. The first kappa shape index (κ1) is 13.3. The molecule has 1 saturated carbocycles. The van der Waals surface area contributed by atoms with E-state index in [1.54, 1.807) is 0 Å². The van der Waals surface area contributed by atoms with E-state index in [1.807, 2.05) is 16.7 Å². The van der Waals surface area contributed by atoms with Crippen LogP contribution in [-0.4, -0.2) is 32.3 Å². The van der Waals surface area contributed by atoms with Crippen LogP contribution in [0.3, 0.4) is 0 Å². The molecule has 2 aromatic heterocycles. The number of anilines is 2. The molecule has 0 spiro atoms. The number of nitrogen functional groups attached to an aromatic ring is 1. The molecule has 0 radical (unpaired) electrons. The van der Waals surface area contributed by atoms with Crippen LogP contribution in [0.1, 0.15) is 25.3 Å². The predicted molar refractivity (Wildman–Crippen MR) is 80.9 cm³/mol. The maximum absolute atomic E-state index is 12.3. The standard InChI is InChI=1S/C14H18N6O2/c15-14-17-12(16-9-2-3-9)11-13(18-14)19(7-20(11)22)10-4-1-8(5-10)6-21/h1,4,7-10,21H,2-3,5-6H2,(H3,15,16,17,18)/t8-,10+/m1/s1. The Balaban J connectivity index is 1.80. The smallest absolute Gasteiger partial charge is 0.276 e. The summed E-state index contributed by atoms with van der Waals surface area (Å²) in [5, 5.41) is 24.8. The van der Waals surface area contributed by atoms with Crippen molar-refractivity contribution in [2.45, 2.75) is 31.3 Å². The number of allylic oxidation sites excluding steroid dienone is 1. The van der Waals surface area contributed by atoms with E-state index in [0.29, 0.717) is 23.0 Å². The lowest BCUT2D eigenvalue weighted by atomic mass is 10.1. The molecule has 2 atom stereocenters. The molecule has 0 aromatic carbocycles. The average molecular weight is 302 g/mol. The molecule has 0 unspecified atom stereocenters. The van der Waals surface area contributed by atoms with Crippen LogP contribution in [0.5, 0.6) is 0 Å². The Morgan fingerprint density at radius 3 is 2.91 bits per heavy atom. The highest BCUT2D eigenvalue weighted by Gasteiger charge is 2.30. The van der Waals surface area contributed by atoms with Crippen LogP contribution in [0.4, 0.5) is 11.8 Å². The van der Waals surface area contributed by atoms with Crippen molar-refractivity contribution in [3.05, 3.63) is 23.7 Å². The van der Waals surface area contributed by atoms with Gasteiger partial charge in [0, 0.05) is 25.0 Å². The summed E-state index contributed by atoms with van der Waals surface area (Å²) in [6.07, 6.45) is 8.34. The van der Waals surface area contributed by atoms with Gasteiger partial charge in [0.05, 0.1) is 0 Å². The zero-order chi connectivity index (χ0) is 15.3. The number of fused-ring (bicyclic) bond motifs is 1. The largest absolute Gasteiger partial charge is 0.710 e. The molecule has 4 rings (SSSR count). The number of nitrogens with two attached hydrogens (primary N) is 1. The van der Waals surface area contributed by atoms with E-state index >= 15 is 0 Å². The normalized spacial score (nSPS) is 24.2. The minimum atomic E-state index is -0.00192. The Labute approximate surface area is 126 Å². The van der Waals surface area contributed by atoms with Gasteiger partial charge in [0.2, 0.25) is 17.8 Å². The summed E-state index contributed by atoms with van der Waals surface area (Å²) in [7, 11) is 0. The van der Waals surface area contributed by atoms with E-state index in [0.717, 1.165) is 24.0 Å². The number of nitrogens with one attached hydrogen (secondary N) is 1. The molecule has 116 valence electrons. The number of imidazole rings is 1. The van der Waals surface area contributed by atoms with Crippen LogP contribution in [0.15, 0.2) is 18.5 Å². The van der Waals surface area contributed by atoms with Crippen LogP contribution in [0.25, 0.3) is 11.2 Å². The maximum atomic E-state index is 12.3. The summed E-state index contributed by atoms with van der Waals surface area (Å²) in [5.74, 6) is 0.765. The number of aromatic nitrogens is 4. The molecule has 2 aromatic rings. The fraction of sp³-hybridized carbons (Fsp3) is 0.500. The van der Waals surface area contributed by atoms with Gasteiger partial charge in [-0.1, -0.05) is 6.08 Å². The van der Waals surface area contributed by atoms with Crippen LogP contribution < -0.4 is 15.8 Å². The van der Waals surface area contributed by atoms with Crippen molar-refractivity contribution in [1.82, 2.24) is 14.5 Å². The van der Waals surface area contributed by atoms with E-state index in [9.17, 15) is 10.3 Å². The molecule has 0 saturated heterocycles. The highest BCUT2D eigenvalue weighted by molar-refractivity contribution is 5.81. The Morgan fingerprint density at radius 2 is 2.23 bits per heavy atom. The van der Waals surface area contributed by atoms with E-state index in [1.165, 1.54) is 6.33 Å². The van der Waals surface area contributed by atoms with Crippen LogP contribution in [-0.2, 0) is 0 Å². The SMILES string of the molecule is Nc1nc(NC2CC2)c2c(n1)n([C@H]1C=C[C@@H](CO)C1)c[n+]2[O-]. The third kappa shape index (κ3) is 2.16. The van der Waals surface area contributed by atoms with Gasteiger partial charge >= 0.3 is 0 Å². The highest BCUT2D eigenvalue weighted by Crippen LogP contribution is 2.32. The minimum Gasteiger partial charge on any atom is -0.710 e. The molecule has 22 heavy (non-hydrogen) atoms. The maximum Gasteiger partial charge on any atom is 0.276 e. The van der Waals surface area contributed by atoms with Crippen LogP contribution >= 0.6 is 0 Å². The minimum absolute atomic E-state index is 0.00192. The van der Waals surface area contributed by atoms with Gasteiger partial charge in [-0.3, -0.25) is 0 Å². The molecule has 2 aliphatic rings. The second kappa shape index (κ2) is 4.84. The fourth-order valence-electron chi connectivity index (χ4n) is 2.93. The second-order valence-electron chi connectivity index (χ2n) is 6.00. The summed E-state index contributed by atoms with van der Waals surface area (Å²) in [6.45, 7) is 0.106. The van der Waals surface area contributed by atoms with Gasteiger partial charge in [0.1, 0.15) is 6.04 Å². The van der Waals surface area contributed by atoms with Crippen LogP contribution in [0, 0.1) is 11.1 Å². The molecule has 4 N–H and O–H groups in total. The van der Waals surface area contributed by atoms with Crippen molar-refractivity contribution in [2.75, 3.05) is 17.7 Å². The van der Waals surface area contributed by atoms with Gasteiger partial charge in [-0.15, -0.1) is 0 Å². The average Bonchev–Trinajstić information content (AvgIpc) is 3.07. The van der Waals surface area contributed by atoms with Crippen molar-refractivity contribution in [2.24, 2.45) is 5.92 Å². The molecule has 0 amide bonds. The summed E-state index contributed by atoms with van der Waals surface area (Å²) in [6, 6.07) is 0.365. The van der Waals surface area contributed by atoms with Gasteiger partial charge in [0.15, 0.2) is 5.82 Å². The van der Waals surface area contributed by atoms with E-state index in [4.69, 9.17) is 5.73 Å². The summed E-state index contributed by atoms with van der Waals surface area (Å²) in [4.78, 5) is 8.43. The lowest BCUT2D eigenvalue weighted by Crippen LogP contribution is -2.25. The Bertz CT molecular complexity index is 751. The molecule has 1 fully saturated rings.